The molecule has 1 aromatic rings. The average Bonchev–Trinajstić information content (AvgIpc) is 2.24. The van der Waals surface area contributed by atoms with Crippen molar-refractivity contribution in [1.29, 1.82) is 0 Å². The average molecular weight is 332 g/mol. The van der Waals surface area contributed by atoms with Crippen LogP contribution in [-0.4, -0.2) is 23.7 Å². The molecule has 0 heterocycles. The molecule has 20 heavy (non-hydrogen) atoms. The summed E-state index contributed by atoms with van der Waals surface area (Å²) in [7, 11) is -5.66. The molecule has 1 aromatic carbocycles. The highest BCUT2D eigenvalue weighted by atomic mass is 31.2. The van der Waals surface area contributed by atoms with E-state index < -0.39 is 24.2 Å². The molecule has 0 saturated carbocycles. The first-order valence-electron chi connectivity index (χ1n) is 6.61. The molecule has 114 valence electrons. The highest BCUT2D eigenvalue weighted by molar-refractivity contribution is 7.65. The molecule has 0 N–H and O–H groups in total. The summed E-state index contributed by atoms with van der Waals surface area (Å²) in [6, 6.07) is 7.09. The van der Waals surface area contributed by atoms with Gasteiger partial charge >= 0.3 is 7.60 Å². The fourth-order valence-electron chi connectivity index (χ4n) is 1.61. The summed E-state index contributed by atoms with van der Waals surface area (Å²) >= 11 is 0. The topological polar surface area (TPSA) is 44.8 Å². The van der Waals surface area contributed by atoms with Gasteiger partial charge in [-0.2, -0.15) is 0 Å². The first-order chi connectivity index (χ1) is 8.95. The van der Waals surface area contributed by atoms with Gasteiger partial charge in [0.05, 0.1) is 12.4 Å². The quantitative estimate of drug-likeness (QED) is 0.578. The zero-order valence-corrected chi connectivity index (χ0v) is 16.3. The lowest BCUT2D eigenvalue weighted by molar-refractivity contribution is 0.396. The van der Waals surface area contributed by atoms with E-state index in [4.69, 9.17) is 13.2 Å². The van der Waals surface area contributed by atoms with Gasteiger partial charge in [-0.25, -0.2) is 0 Å². The normalized spacial score (nSPS) is 13.3. The van der Waals surface area contributed by atoms with Crippen molar-refractivity contribution in [3.8, 4) is 5.75 Å². The van der Waals surface area contributed by atoms with Crippen molar-refractivity contribution in [3.63, 3.8) is 0 Å². The number of methoxy groups -OCH3 is 1. The molecule has 0 aliphatic rings. The van der Waals surface area contributed by atoms with Crippen molar-refractivity contribution in [2.24, 2.45) is 0 Å². The van der Waals surface area contributed by atoms with Crippen LogP contribution in [0.3, 0.4) is 0 Å². The van der Waals surface area contributed by atoms with Gasteiger partial charge in [-0.05, 0) is 63.5 Å². The van der Waals surface area contributed by atoms with E-state index in [2.05, 4.69) is 0 Å². The minimum atomic E-state index is -3.28. The predicted octanol–water partition coefficient (Wildman–Crippen LogP) is 4.22. The Morgan fingerprint density at radius 2 is 1.25 bits per heavy atom. The molecule has 1 rings (SSSR count). The molecule has 7 heteroatoms. The zero-order valence-electron chi connectivity index (χ0n) is 13.4. The van der Waals surface area contributed by atoms with Gasteiger partial charge in [0, 0.05) is 0 Å². The van der Waals surface area contributed by atoms with E-state index in [9.17, 15) is 4.57 Å². The van der Waals surface area contributed by atoms with Crippen LogP contribution in [-0.2, 0) is 13.0 Å². The first-order valence-corrected chi connectivity index (χ1v) is 15.0. The summed E-state index contributed by atoms with van der Waals surface area (Å²) in [5, 5.41) is 0.600. The van der Waals surface area contributed by atoms with Crippen LogP contribution in [0.5, 0.6) is 5.75 Å². The maximum Gasteiger partial charge on any atom is 0.342 e. The number of benzene rings is 1. The second-order valence-corrected chi connectivity index (χ2v) is 18.0. The molecule has 0 fully saturated rings. The van der Waals surface area contributed by atoms with E-state index in [1.165, 1.54) is 0 Å². The molecule has 0 bridgehead atoms. The van der Waals surface area contributed by atoms with E-state index in [1.807, 2.05) is 39.3 Å². The second kappa shape index (κ2) is 6.16. The summed E-state index contributed by atoms with van der Waals surface area (Å²) in [6.45, 7) is 12.1. The molecule has 0 saturated heterocycles. The van der Waals surface area contributed by atoms with Crippen LogP contribution in [0.25, 0.3) is 0 Å². The van der Waals surface area contributed by atoms with E-state index in [-0.39, 0.29) is 0 Å². The van der Waals surface area contributed by atoms with Gasteiger partial charge in [-0.3, -0.25) is 4.57 Å². The van der Waals surface area contributed by atoms with E-state index in [0.717, 1.165) is 5.75 Å². The Morgan fingerprint density at radius 3 is 1.55 bits per heavy atom. The molecule has 0 spiro atoms. The third kappa shape index (κ3) is 5.54. The van der Waals surface area contributed by atoms with Gasteiger partial charge in [0.1, 0.15) is 5.75 Å². The van der Waals surface area contributed by atoms with Gasteiger partial charge in [0.15, 0.2) is 16.6 Å². The highest BCUT2D eigenvalue weighted by Crippen LogP contribution is 2.51. The molecule has 0 radical (unpaired) electrons. The van der Waals surface area contributed by atoms with Crippen molar-refractivity contribution in [1.82, 2.24) is 0 Å². The molecular formula is C13H25O4PSi2. The largest absolute Gasteiger partial charge is 0.497 e. The predicted molar refractivity (Wildman–Crippen MR) is 89.1 cm³/mol. The maximum absolute atomic E-state index is 13.2. The minimum absolute atomic E-state index is 0.600. The Labute approximate surface area is 124 Å². The Kier molecular flexibility index (Phi) is 5.43. The maximum atomic E-state index is 13.2. The molecule has 0 amide bonds. The van der Waals surface area contributed by atoms with Crippen LogP contribution < -0.4 is 10.0 Å². The fraction of sp³-hybridized carbons (Fsp3) is 0.538. The number of hydrogen-bond acceptors (Lipinski definition) is 4. The molecule has 0 aromatic heterocycles. The third-order valence-corrected chi connectivity index (χ3v) is 9.41. The van der Waals surface area contributed by atoms with Gasteiger partial charge in [0.25, 0.3) is 0 Å². The Bertz CT molecular complexity index is 469. The lowest BCUT2D eigenvalue weighted by Crippen LogP contribution is -2.33. The van der Waals surface area contributed by atoms with Crippen LogP contribution in [0.2, 0.25) is 39.3 Å². The fourth-order valence-corrected chi connectivity index (χ4v) is 9.22. The lowest BCUT2D eigenvalue weighted by atomic mass is 10.3. The van der Waals surface area contributed by atoms with Crippen LogP contribution in [0, 0.1) is 0 Å². The summed E-state index contributed by atoms with van der Waals surface area (Å²) in [5.74, 6) is 0.723. The summed E-state index contributed by atoms with van der Waals surface area (Å²) < 4.78 is 30.2. The Morgan fingerprint density at radius 1 is 0.850 bits per heavy atom. The van der Waals surface area contributed by atoms with Gasteiger partial charge < -0.3 is 13.2 Å². The standard InChI is InChI=1S/C13H25O4PSi2/c1-15-12-8-10-13(11-9-12)18(14,16-19(2,3)4)17-20(5,6)7/h8-11H,1-7H3. The molecule has 4 nitrogen and oxygen atoms in total. The van der Waals surface area contributed by atoms with E-state index in [1.54, 1.807) is 31.4 Å². The monoisotopic (exact) mass is 332 g/mol. The molecule has 0 unspecified atom stereocenters. The molecular weight excluding hydrogens is 307 g/mol. The van der Waals surface area contributed by atoms with Crippen LogP contribution >= 0.6 is 7.60 Å². The molecule has 0 atom stereocenters. The van der Waals surface area contributed by atoms with Crippen molar-refractivity contribution in [2.45, 2.75) is 39.3 Å². The summed E-state index contributed by atoms with van der Waals surface area (Å²) in [6.07, 6.45) is 0. The number of hydrogen-bond donors (Lipinski definition) is 0. The van der Waals surface area contributed by atoms with Crippen molar-refractivity contribution in [3.05, 3.63) is 24.3 Å². The zero-order chi connectivity index (χ0) is 15.6. The van der Waals surface area contributed by atoms with Crippen molar-refractivity contribution >= 4 is 29.5 Å². The van der Waals surface area contributed by atoms with Crippen LogP contribution in [0.4, 0.5) is 0 Å². The van der Waals surface area contributed by atoms with Gasteiger partial charge in [-0.15, -0.1) is 0 Å². The van der Waals surface area contributed by atoms with Crippen LogP contribution in [0.15, 0.2) is 24.3 Å². The molecule has 0 aliphatic carbocycles. The summed E-state index contributed by atoms with van der Waals surface area (Å²) in [5.41, 5.74) is 0. The second-order valence-electron chi connectivity index (χ2n) is 6.60. The van der Waals surface area contributed by atoms with E-state index in [0.29, 0.717) is 5.30 Å². The Hall–Kier alpha value is -0.396. The van der Waals surface area contributed by atoms with Gasteiger partial charge in [0.2, 0.25) is 0 Å². The SMILES string of the molecule is COc1ccc(P(=O)(O[Si](C)(C)C)O[Si](C)(C)C)cc1. The highest BCUT2D eigenvalue weighted by Gasteiger charge is 2.38. The van der Waals surface area contributed by atoms with Crippen molar-refractivity contribution in [2.75, 3.05) is 7.11 Å². The number of ether oxygens (including phenoxy) is 1. The number of rotatable bonds is 6. The van der Waals surface area contributed by atoms with Gasteiger partial charge in [-0.1, -0.05) is 0 Å². The molecule has 0 aliphatic heterocycles. The van der Waals surface area contributed by atoms with E-state index >= 15 is 0 Å². The first kappa shape index (κ1) is 17.7. The Balaban J connectivity index is 3.18. The summed E-state index contributed by atoms with van der Waals surface area (Å²) in [4.78, 5) is 0. The third-order valence-electron chi connectivity index (χ3n) is 2.18. The van der Waals surface area contributed by atoms with Crippen LogP contribution in [0.1, 0.15) is 0 Å². The smallest absolute Gasteiger partial charge is 0.342 e. The minimum Gasteiger partial charge on any atom is -0.497 e. The lowest BCUT2D eigenvalue weighted by Gasteiger charge is -2.31. The van der Waals surface area contributed by atoms with Crippen molar-refractivity contribution < 1.29 is 17.7 Å².